The Morgan fingerprint density at radius 3 is 1.87 bits per heavy atom. The van der Waals surface area contributed by atoms with E-state index in [0.29, 0.717) is 0 Å². The summed E-state index contributed by atoms with van der Waals surface area (Å²) < 4.78 is 0. The van der Waals surface area contributed by atoms with E-state index in [1.54, 1.807) is 4.80 Å². The molecule has 23 heavy (non-hydrogen) atoms. The maximum absolute atomic E-state index is 4.66. The Hall–Kier alpha value is -2.16. The Labute approximate surface area is 138 Å². The molecule has 0 aliphatic carbocycles. The Morgan fingerprint density at radius 2 is 1.30 bits per heavy atom. The summed E-state index contributed by atoms with van der Waals surface area (Å²) in [6.45, 7) is 11.5. The molecule has 0 saturated heterocycles. The first-order valence-electron chi connectivity index (χ1n) is 8.18. The zero-order valence-electron chi connectivity index (χ0n) is 14.7. The average Bonchev–Trinajstić information content (AvgIpc) is 2.88. The molecule has 120 valence electrons. The summed E-state index contributed by atoms with van der Waals surface area (Å²) in [6.07, 6.45) is 1.10. The van der Waals surface area contributed by atoms with E-state index in [2.05, 4.69) is 69.1 Å². The van der Waals surface area contributed by atoms with Crippen LogP contribution in [0.4, 0.5) is 0 Å². The van der Waals surface area contributed by atoms with Crippen LogP contribution in [0.1, 0.15) is 46.6 Å². The number of para-hydroxylation sites is 1. The minimum absolute atomic E-state index is 0.0503. The minimum atomic E-state index is 0.0503. The molecule has 0 amide bonds. The largest absolute Gasteiger partial charge is 0.150 e. The van der Waals surface area contributed by atoms with Crippen LogP contribution in [0.3, 0.4) is 0 Å². The van der Waals surface area contributed by atoms with Gasteiger partial charge in [-0.3, -0.25) is 0 Å². The topological polar surface area (TPSA) is 30.7 Å². The number of benzene rings is 2. The molecular weight excluding hydrogens is 282 g/mol. The maximum atomic E-state index is 4.66. The zero-order chi connectivity index (χ0) is 16.7. The molecule has 3 nitrogen and oxygen atoms in total. The predicted octanol–water partition coefficient (Wildman–Crippen LogP) is 5.13. The first kappa shape index (κ1) is 15.7. The fraction of sp³-hybridized carbons (Fsp3) is 0.400. The molecule has 3 heteroatoms. The van der Waals surface area contributed by atoms with Crippen molar-refractivity contribution in [3.63, 3.8) is 0 Å². The highest BCUT2D eigenvalue weighted by molar-refractivity contribution is 5.73. The van der Waals surface area contributed by atoms with Gasteiger partial charge in [0.1, 0.15) is 11.0 Å². The molecule has 3 rings (SSSR count). The van der Waals surface area contributed by atoms with Gasteiger partial charge in [0.25, 0.3) is 0 Å². The lowest BCUT2D eigenvalue weighted by molar-refractivity contribution is 0.283. The van der Waals surface area contributed by atoms with Gasteiger partial charge in [0.2, 0.25) is 0 Å². The molecule has 0 fully saturated rings. The molecule has 1 heterocycles. The van der Waals surface area contributed by atoms with Crippen LogP contribution in [0.5, 0.6) is 0 Å². The Kier molecular flexibility index (Phi) is 3.75. The molecule has 0 saturated carbocycles. The monoisotopic (exact) mass is 307 g/mol. The molecule has 3 aromatic rings. The Morgan fingerprint density at radius 1 is 0.783 bits per heavy atom. The lowest BCUT2D eigenvalue weighted by Crippen LogP contribution is -2.26. The second kappa shape index (κ2) is 5.48. The second-order valence-electron chi connectivity index (χ2n) is 8.12. The molecule has 0 spiro atoms. The third-order valence-corrected chi connectivity index (χ3v) is 4.11. The lowest BCUT2D eigenvalue weighted by Gasteiger charge is -2.34. The summed E-state index contributed by atoms with van der Waals surface area (Å²) in [6, 6.07) is 16.5. The molecule has 0 atom stereocenters. The molecule has 1 aromatic heterocycles. The average molecular weight is 307 g/mol. The van der Waals surface area contributed by atoms with Crippen LogP contribution < -0.4 is 0 Å². The van der Waals surface area contributed by atoms with E-state index in [-0.39, 0.29) is 10.8 Å². The summed E-state index contributed by atoms with van der Waals surface area (Å²) in [5, 5.41) is 9.32. The number of fused-ring (bicyclic) bond motifs is 1. The highest BCUT2D eigenvalue weighted by Crippen LogP contribution is 2.38. The Bertz CT molecular complexity index is 789. The van der Waals surface area contributed by atoms with Gasteiger partial charge in [-0.15, -0.1) is 10.2 Å². The fourth-order valence-electron chi connectivity index (χ4n) is 3.61. The van der Waals surface area contributed by atoms with Crippen molar-refractivity contribution in [1.29, 1.82) is 0 Å². The predicted molar refractivity (Wildman–Crippen MR) is 96.0 cm³/mol. The van der Waals surface area contributed by atoms with Crippen molar-refractivity contribution >= 4 is 11.0 Å². The molecule has 0 bridgehead atoms. The first-order valence-corrected chi connectivity index (χ1v) is 8.18. The van der Waals surface area contributed by atoms with Crippen molar-refractivity contribution in [3.8, 4) is 5.69 Å². The van der Waals surface area contributed by atoms with Crippen LogP contribution >= 0.6 is 0 Å². The second-order valence-corrected chi connectivity index (χ2v) is 8.12. The highest BCUT2D eigenvalue weighted by Gasteiger charge is 2.30. The SMILES string of the molecule is CC(C)(C)CC(C)(C)c1ccccc1-n1nc2ccccc2n1. The van der Waals surface area contributed by atoms with E-state index < -0.39 is 0 Å². The lowest BCUT2D eigenvalue weighted by atomic mass is 9.72. The van der Waals surface area contributed by atoms with Crippen molar-refractivity contribution in [2.24, 2.45) is 5.41 Å². The smallest absolute Gasteiger partial charge is 0.113 e. The summed E-state index contributed by atoms with van der Waals surface area (Å²) in [7, 11) is 0. The molecule has 0 aliphatic rings. The minimum Gasteiger partial charge on any atom is -0.150 e. The van der Waals surface area contributed by atoms with E-state index >= 15 is 0 Å². The zero-order valence-corrected chi connectivity index (χ0v) is 14.7. The van der Waals surface area contributed by atoms with Crippen molar-refractivity contribution < 1.29 is 0 Å². The van der Waals surface area contributed by atoms with Crippen LogP contribution in [0.15, 0.2) is 48.5 Å². The number of nitrogens with zero attached hydrogens (tertiary/aromatic N) is 3. The van der Waals surface area contributed by atoms with Crippen LogP contribution in [0.2, 0.25) is 0 Å². The van der Waals surface area contributed by atoms with Crippen LogP contribution in [0, 0.1) is 5.41 Å². The van der Waals surface area contributed by atoms with Gasteiger partial charge >= 0.3 is 0 Å². The van der Waals surface area contributed by atoms with Gasteiger partial charge in [0.15, 0.2) is 0 Å². The third-order valence-electron chi connectivity index (χ3n) is 4.11. The molecule has 0 radical (unpaired) electrons. The normalized spacial score (nSPS) is 12.7. The first-order chi connectivity index (χ1) is 10.8. The van der Waals surface area contributed by atoms with Crippen LogP contribution in [0.25, 0.3) is 16.7 Å². The third kappa shape index (κ3) is 3.29. The quantitative estimate of drug-likeness (QED) is 0.671. The van der Waals surface area contributed by atoms with Crippen LogP contribution in [-0.4, -0.2) is 15.0 Å². The van der Waals surface area contributed by atoms with Gasteiger partial charge in [0.05, 0.1) is 5.69 Å². The molecular formula is C20H25N3. The summed E-state index contributed by atoms with van der Waals surface area (Å²) >= 11 is 0. The van der Waals surface area contributed by atoms with Crippen molar-refractivity contribution in [3.05, 3.63) is 54.1 Å². The van der Waals surface area contributed by atoms with Gasteiger partial charge in [-0.1, -0.05) is 65.0 Å². The molecule has 0 N–H and O–H groups in total. The molecule has 2 aromatic carbocycles. The van der Waals surface area contributed by atoms with Crippen LogP contribution in [-0.2, 0) is 5.41 Å². The number of hydrogen-bond acceptors (Lipinski definition) is 2. The Balaban J connectivity index is 2.10. The van der Waals surface area contributed by atoms with E-state index in [9.17, 15) is 0 Å². The fourth-order valence-corrected chi connectivity index (χ4v) is 3.61. The van der Waals surface area contributed by atoms with E-state index in [0.717, 1.165) is 23.1 Å². The van der Waals surface area contributed by atoms with E-state index in [1.165, 1.54) is 5.56 Å². The number of hydrogen-bond donors (Lipinski definition) is 0. The summed E-state index contributed by atoms with van der Waals surface area (Å²) in [4.78, 5) is 1.78. The van der Waals surface area contributed by atoms with Crippen molar-refractivity contribution in [1.82, 2.24) is 15.0 Å². The van der Waals surface area contributed by atoms with E-state index in [4.69, 9.17) is 0 Å². The van der Waals surface area contributed by atoms with E-state index in [1.807, 2.05) is 24.3 Å². The number of aromatic nitrogens is 3. The number of rotatable bonds is 3. The maximum Gasteiger partial charge on any atom is 0.113 e. The summed E-state index contributed by atoms with van der Waals surface area (Å²) in [5.41, 5.74) is 4.52. The van der Waals surface area contributed by atoms with Gasteiger partial charge in [0, 0.05) is 0 Å². The van der Waals surface area contributed by atoms with Gasteiger partial charge in [-0.05, 0) is 41.0 Å². The van der Waals surface area contributed by atoms with Gasteiger partial charge < -0.3 is 0 Å². The molecule has 0 aliphatic heterocycles. The highest BCUT2D eigenvalue weighted by atomic mass is 15.5. The standard InChI is InChI=1S/C20H25N3/c1-19(2,3)14-20(4,5)15-10-6-9-13-18(15)23-21-16-11-7-8-12-17(16)22-23/h6-13H,14H2,1-5H3. The van der Waals surface area contributed by atoms with Crippen molar-refractivity contribution in [2.45, 2.75) is 46.5 Å². The van der Waals surface area contributed by atoms with Gasteiger partial charge in [-0.2, -0.15) is 4.80 Å². The molecule has 0 unspecified atom stereocenters. The summed E-state index contributed by atoms with van der Waals surface area (Å²) in [5.74, 6) is 0. The van der Waals surface area contributed by atoms with Gasteiger partial charge in [-0.25, -0.2) is 0 Å². The van der Waals surface area contributed by atoms with Crippen molar-refractivity contribution in [2.75, 3.05) is 0 Å².